The highest BCUT2D eigenvalue weighted by Crippen LogP contribution is 2.19. The van der Waals surface area contributed by atoms with E-state index in [1.807, 2.05) is 36.5 Å². The first kappa shape index (κ1) is 9.27. The molecule has 0 aliphatic heterocycles. The van der Waals surface area contributed by atoms with Crippen molar-refractivity contribution in [3.63, 3.8) is 0 Å². The second-order valence-electron chi connectivity index (χ2n) is 3.59. The molecule has 0 fully saturated rings. The van der Waals surface area contributed by atoms with E-state index in [4.69, 9.17) is 0 Å². The van der Waals surface area contributed by atoms with Crippen LogP contribution in [-0.4, -0.2) is 10.7 Å². The van der Waals surface area contributed by atoms with Crippen LogP contribution in [0.1, 0.15) is 20.3 Å². The van der Waals surface area contributed by atoms with Gasteiger partial charge in [-0.3, -0.25) is 0 Å². The maximum Gasteiger partial charge on any atom is 0.105 e. The maximum atomic E-state index is 9.90. The van der Waals surface area contributed by atoms with Crippen LogP contribution in [0, 0.1) is 5.92 Å². The highest BCUT2D eigenvalue weighted by Gasteiger charge is 2.18. The molecule has 0 aromatic rings. The summed E-state index contributed by atoms with van der Waals surface area (Å²) < 4.78 is 0. The molecule has 1 aliphatic rings. The fourth-order valence-electron chi connectivity index (χ4n) is 1.11. The number of hydrogen-bond acceptors (Lipinski definition) is 1. The minimum absolute atomic E-state index is 0.494. The molecule has 1 rings (SSSR count). The van der Waals surface area contributed by atoms with Gasteiger partial charge < -0.3 is 5.11 Å². The minimum atomic E-state index is -0.737. The van der Waals surface area contributed by atoms with Crippen LogP contribution in [0.25, 0.3) is 0 Å². The first-order valence-electron chi connectivity index (χ1n) is 4.38. The molecule has 12 heavy (non-hydrogen) atoms. The Labute approximate surface area is 74.1 Å². The van der Waals surface area contributed by atoms with Crippen LogP contribution >= 0.6 is 0 Å². The van der Waals surface area contributed by atoms with Gasteiger partial charge in [0.05, 0.1) is 0 Å². The van der Waals surface area contributed by atoms with Gasteiger partial charge in [0.2, 0.25) is 0 Å². The second kappa shape index (κ2) is 3.72. The van der Waals surface area contributed by atoms with E-state index in [-0.39, 0.29) is 0 Å². The standard InChI is InChI=1S/C11H16O/c1-10(2)6-9-11(12)7-4-3-5-8-11/h3-7,9-10,12H,8H2,1-2H3. The van der Waals surface area contributed by atoms with E-state index in [0.29, 0.717) is 12.3 Å². The van der Waals surface area contributed by atoms with Gasteiger partial charge in [-0.05, 0) is 12.0 Å². The number of hydrogen-bond donors (Lipinski definition) is 1. The predicted octanol–water partition coefficient (Wildman–Crippen LogP) is 2.45. The first-order valence-corrected chi connectivity index (χ1v) is 4.38. The number of rotatable bonds is 2. The summed E-state index contributed by atoms with van der Waals surface area (Å²) >= 11 is 0. The molecule has 66 valence electrons. The van der Waals surface area contributed by atoms with Crippen molar-refractivity contribution < 1.29 is 5.11 Å². The van der Waals surface area contributed by atoms with E-state index in [9.17, 15) is 5.11 Å². The summed E-state index contributed by atoms with van der Waals surface area (Å²) in [5, 5.41) is 9.90. The van der Waals surface area contributed by atoms with Gasteiger partial charge in [-0.25, -0.2) is 0 Å². The SMILES string of the molecule is CC(C)C=CC1(O)C=CC=CC1. The molecular weight excluding hydrogens is 148 g/mol. The molecule has 0 spiro atoms. The zero-order chi connectivity index (χ0) is 9.03. The van der Waals surface area contributed by atoms with Gasteiger partial charge in [-0.15, -0.1) is 0 Å². The molecule has 1 nitrogen and oxygen atoms in total. The Morgan fingerprint density at radius 1 is 1.42 bits per heavy atom. The molecule has 0 aromatic carbocycles. The monoisotopic (exact) mass is 164 g/mol. The zero-order valence-corrected chi connectivity index (χ0v) is 7.70. The minimum Gasteiger partial charge on any atom is -0.381 e. The lowest BCUT2D eigenvalue weighted by Crippen LogP contribution is -2.22. The van der Waals surface area contributed by atoms with E-state index >= 15 is 0 Å². The topological polar surface area (TPSA) is 20.2 Å². The molecule has 1 unspecified atom stereocenters. The van der Waals surface area contributed by atoms with Gasteiger partial charge >= 0.3 is 0 Å². The van der Waals surface area contributed by atoms with E-state index < -0.39 is 5.60 Å². The molecule has 1 heteroatoms. The van der Waals surface area contributed by atoms with Gasteiger partial charge in [0, 0.05) is 6.42 Å². The van der Waals surface area contributed by atoms with Crippen LogP contribution in [-0.2, 0) is 0 Å². The van der Waals surface area contributed by atoms with Crippen molar-refractivity contribution in [3.05, 3.63) is 36.5 Å². The molecule has 0 saturated carbocycles. The Kier molecular flexibility index (Phi) is 2.88. The summed E-state index contributed by atoms with van der Waals surface area (Å²) in [6.45, 7) is 4.20. The molecule has 0 amide bonds. The fraction of sp³-hybridized carbons (Fsp3) is 0.455. The number of allylic oxidation sites excluding steroid dienone is 3. The Morgan fingerprint density at radius 2 is 2.17 bits per heavy atom. The van der Waals surface area contributed by atoms with Crippen molar-refractivity contribution in [1.82, 2.24) is 0 Å². The lowest BCUT2D eigenvalue weighted by molar-refractivity contribution is 0.144. The van der Waals surface area contributed by atoms with Gasteiger partial charge in [0.1, 0.15) is 5.60 Å². The molecule has 0 heterocycles. The highest BCUT2D eigenvalue weighted by molar-refractivity contribution is 5.24. The summed E-state index contributed by atoms with van der Waals surface area (Å²) in [5.41, 5.74) is -0.737. The van der Waals surface area contributed by atoms with Gasteiger partial charge in [0.15, 0.2) is 0 Å². The van der Waals surface area contributed by atoms with E-state index in [1.54, 1.807) is 0 Å². The van der Waals surface area contributed by atoms with Crippen LogP contribution in [0.15, 0.2) is 36.5 Å². The van der Waals surface area contributed by atoms with E-state index in [2.05, 4.69) is 13.8 Å². The molecule has 0 bridgehead atoms. The molecule has 0 saturated heterocycles. The lowest BCUT2D eigenvalue weighted by atomic mass is 9.94. The van der Waals surface area contributed by atoms with Crippen LogP contribution in [0.5, 0.6) is 0 Å². The van der Waals surface area contributed by atoms with E-state index in [1.165, 1.54) is 0 Å². The largest absolute Gasteiger partial charge is 0.381 e. The fourth-order valence-corrected chi connectivity index (χ4v) is 1.11. The van der Waals surface area contributed by atoms with Crippen LogP contribution < -0.4 is 0 Å². The van der Waals surface area contributed by atoms with Crippen LogP contribution in [0.4, 0.5) is 0 Å². The van der Waals surface area contributed by atoms with Crippen LogP contribution in [0.3, 0.4) is 0 Å². The smallest absolute Gasteiger partial charge is 0.105 e. The summed E-state index contributed by atoms with van der Waals surface area (Å²) in [7, 11) is 0. The third-order valence-corrected chi connectivity index (χ3v) is 1.85. The average molecular weight is 164 g/mol. The lowest BCUT2D eigenvalue weighted by Gasteiger charge is -2.20. The highest BCUT2D eigenvalue weighted by atomic mass is 16.3. The second-order valence-corrected chi connectivity index (χ2v) is 3.59. The Morgan fingerprint density at radius 3 is 2.67 bits per heavy atom. The van der Waals surface area contributed by atoms with Crippen LogP contribution in [0.2, 0.25) is 0 Å². The van der Waals surface area contributed by atoms with Crippen molar-refractivity contribution in [3.8, 4) is 0 Å². The Hall–Kier alpha value is -0.820. The molecule has 1 aliphatic carbocycles. The maximum absolute atomic E-state index is 9.90. The van der Waals surface area contributed by atoms with E-state index in [0.717, 1.165) is 0 Å². The third kappa shape index (κ3) is 2.67. The Bertz CT molecular complexity index is 223. The molecule has 0 aromatic heterocycles. The van der Waals surface area contributed by atoms with Gasteiger partial charge in [-0.2, -0.15) is 0 Å². The third-order valence-electron chi connectivity index (χ3n) is 1.85. The first-order chi connectivity index (χ1) is 5.62. The normalized spacial score (nSPS) is 29.0. The Balaban J connectivity index is 2.61. The summed E-state index contributed by atoms with van der Waals surface area (Å²) in [4.78, 5) is 0. The number of aliphatic hydroxyl groups is 1. The van der Waals surface area contributed by atoms with Gasteiger partial charge in [-0.1, -0.05) is 44.2 Å². The predicted molar refractivity (Wildman–Crippen MR) is 51.8 cm³/mol. The summed E-state index contributed by atoms with van der Waals surface area (Å²) in [6.07, 6.45) is 12.2. The zero-order valence-electron chi connectivity index (χ0n) is 7.70. The molecule has 1 atom stereocenters. The molecule has 0 radical (unpaired) electrons. The summed E-state index contributed by atoms with van der Waals surface area (Å²) in [5.74, 6) is 0.494. The molecule has 1 N–H and O–H groups in total. The average Bonchev–Trinajstić information content (AvgIpc) is 2.03. The molecular formula is C11H16O. The quantitative estimate of drug-likeness (QED) is 0.621. The van der Waals surface area contributed by atoms with Crippen molar-refractivity contribution >= 4 is 0 Å². The summed E-state index contributed by atoms with van der Waals surface area (Å²) in [6, 6.07) is 0. The van der Waals surface area contributed by atoms with Gasteiger partial charge in [0.25, 0.3) is 0 Å². The van der Waals surface area contributed by atoms with Crippen molar-refractivity contribution in [2.24, 2.45) is 5.92 Å². The van der Waals surface area contributed by atoms with Crippen molar-refractivity contribution in [2.75, 3.05) is 0 Å². The van der Waals surface area contributed by atoms with Crippen molar-refractivity contribution in [2.45, 2.75) is 25.9 Å². The van der Waals surface area contributed by atoms with Crippen molar-refractivity contribution in [1.29, 1.82) is 0 Å².